The van der Waals surface area contributed by atoms with Crippen molar-refractivity contribution in [2.75, 3.05) is 44.2 Å². The minimum atomic E-state index is -0.0559. The van der Waals surface area contributed by atoms with Crippen molar-refractivity contribution < 1.29 is 0 Å². The minimum Gasteiger partial charge on any atom is -0.354 e. The zero-order valence-corrected chi connectivity index (χ0v) is 13.8. The smallest absolute Gasteiger partial charge is 0.266 e. The van der Waals surface area contributed by atoms with Gasteiger partial charge in [0.05, 0.1) is 6.33 Å². The Bertz CT molecular complexity index is 478. The summed E-state index contributed by atoms with van der Waals surface area (Å²) in [5.74, 6) is 0.818. The lowest BCUT2D eigenvalue weighted by atomic mass is 10.3. The van der Waals surface area contributed by atoms with Crippen LogP contribution in [0.15, 0.2) is 11.1 Å². The summed E-state index contributed by atoms with van der Waals surface area (Å²) in [7, 11) is 0. The van der Waals surface area contributed by atoms with E-state index in [0.717, 1.165) is 64.3 Å². The number of nitrogens with one attached hydrogen (secondary N) is 1. The molecular weight excluding hydrogens is 369 g/mol. The van der Waals surface area contributed by atoms with Crippen molar-refractivity contribution >= 4 is 28.4 Å². The van der Waals surface area contributed by atoms with E-state index >= 15 is 0 Å². The van der Waals surface area contributed by atoms with Crippen LogP contribution < -0.4 is 16.2 Å². The van der Waals surface area contributed by atoms with Gasteiger partial charge in [-0.15, -0.1) is 0 Å². The van der Waals surface area contributed by atoms with E-state index in [0.29, 0.717) is 3.57 Å². The van der Waals surface area contributed by atoms with Gasteiger partial charge in [0.25, 0.3) is 5.56 Å². The number of hydrogen-bond donors (Lipinski definition) is 2. The van der Waals surface area contributed by atoms with Gasteiger partial charge >= 0.3 is 0 Å². The zero-order chi connectivity index (χ0) is 14.4. The number of hydrogen-bond acceptors (Lipinski definition) is 5. The predicted octanol–water partition coefficient (Wildman–Crippen LogP) is 0.625. The average Bonchev–Trinajstić information content (AvgIpc) is 2.68. The van der Waals surface area contributed by atoms with Gasteiger partial charge in [0.15, 0.2) is 0 Å². The number of halogens is 1. The predicted molar refractivity (Wildman–Crippen MR) is 89.1 cm³/mol. The largest absolute Gasteiger partial charge is 0.354 e. The SMILES string of the molecule is NCCCCN1CCCN(c2nc[nH]c(=O)c2I)CC1. The Labute approximate surface area is 132 Å². The Morgan fingerprint density at radius 2 is 2.15 bits per heavy atom. The molecule has 0 aromatic carbocycles. The molecule has 1 aromatic heterocycles. The molecule has 20 heavy (non-hydrogen) atoms. The Hall–Kier alpha value is -0.670. The number of aromatic amines is 1. The zero-order valence-electron chi connectivity index (χ0n) is 11.6. The average molecular weight is 391 g/mol. The Morgan fingerprint density at radius 3 is 2.95 bits per heavy atom. The molecule has 0 aliphatic carbocycles. The quantitative estimate of drug-likeness (QED) is 0.569. The second kappa shape index (κ2) is 7.94. The molecule has 0 unspecified atom stereocenters. The molecule has 0 atom stereocenters. The van der Waals surface area contributed by atoms with Gasteiger partial charge in [-0.1, -0.05) is 0 Å². The molecule has 0 amide bonds. The standard InChI is InChI=1S/C13H22IN5O/c14-11-12(16-10-17-13(11)20)19-7-3-6-18(8-9-19)5-2-1-4-15/h10H,1-9,15H2,(H,16,17,20). The maximum Gasteiger partial charge on any atom is 0.266 e. The lowest BCUT2D eigenvalue weighted by Gasteiger charge is -2.23. The fourth-order valence-corrected chi connectivity index (χ4v) is 3.12. The summed E-state index contributed by atoms with van der Waals surface area (Å²) >= 11 is 2.08. The van der Waals surface area contributed by atoms with Crippen molar-refractivity contribution in [2.45, 2.75) is 19.3 Å². The molecule has 3 N–H and O–H groups in total. The van der Waals surface area contributed by atoms with Crippen LogP contribution in [0.5, 0.6) is 0 Å². The van der Waals surface area contributed by atoms with Gasteiger partial charge < -0.3 is 20.5 Å². The number of rotatable bonds is 5. The first-order valence-electron chi connectivity index (χ1n) is 7.13. The minimum absolute atomic E-state index is 0.0559. The van der Waals surface area contributed by atoms with Gasteiger partial charge in [-0.3, -0.25) is 4.79 Å². The maximum absolute atomic E-state index is 11.7. The van der Waals surface area contributed by atoms with Crippen molar-refractivity contribution in [2.24, 2.45) is 5.73 Å². The third-order valence-electron chi connectivity index (χ3n) is 3.59. The molecule has 0 spiro atoms. The second-order valence-electron chi connectivity index (χ2n) is 5.05. The molecule has 1 aromatic rings. The van der Waals surface area contributed by atoms with E-state index < -0.39 is 0 Å². The normalized spacial score (nSPS) is 17.2. The van der Waals surface area contributed by atoms with Crippen LogP contribution in [0.2, 0.25) is 0 Å². The third-order valence-corrected chi connectivity index (χ3v) is 4.57. The molecule has 0 bridgehead atoms. The lowest BCUT2D eigenvalue weighted by molar-refractivity contribution is 0.288. The van der Waals surface area contributed by atoms with Crippen molar-refractivity contribution in [3.05, 3.63) is 20.3 Å². The molecule has 6 nitrogen and oxygen atoms in total. The molecule has 1 aliphatic rings. The van der Waals surface area contributed by atoms with E-state index in [9.17, 15) is 4.79 Å². The first-order valence-corrected chi connectivity index (χ1v) is 8.21. The van der Waals surface area contributed by atoms with Crippen molar-refractivity contribution in [1.29, 1.82) is 0 Å². The van der Waals surface area contributed by atoms with E-state index in [1.165, 1.54) is 6.33 Å². The fraction of sp³-hybridized carbons (Fsp3) is 0.692. The van der Waals surface area contributed by atoms with Crippen LogP contribution in [0.3, 0.4) is 0 Å². The highest BCUT2D eigenvalue weighted by atomic mass is 127. The van der Waals surface area contributed by atoms with Crippen LogP contribution in [-0.2, 0) is 0 Å². The molecule has 0 radical (unpaired) electrons. The van der Waals surface area contributed by atoms with Crippen molar-refractivity contribution in [3.63, 3.8) is 0 Å². The van der Waals surface area contributed by atoms with Crippen LogP contribution in [0, 0.1) is 3.57 Å². The summed E-state index contributed by atoms with van der Waals surface area (Å²) in [5.41, 5.74) is 5.48. The number of anilines is 1. The Morgan fingerprint density at radius 1 is 1.30 bits per heavy atom. The van der Waals surface area contributed by atoms with Crippen molar-refractivity contribution in [3.8, 4) is 0 Å². The molecule has 7 heteroatoms. The van der Waals surface area contributed by atoms with Crippen molar-refractivity contribution in [1.82, 2.24) is 14.9 Å². The van der Waals surface area contributed by atoms with Gasteiger partial charge in [-0.05, 0) is 61.5 Å². The number of unbranched alkanes of at least 4 members (excludes halogenated alkanes) is 1. The summed E-state index contributed by atoms with van der Waals surface area (Å²) in [4.78, 5) is 23.3. The Kier molecular flexibility index (Phi) is 6.24. The van der Waals surface area contributed by atoms with E-state index in [2.05, 4.69) is 42.4 Å². The number of nitrogens with two attached hydrogens (primary N) is 1. The highest BCUT2D eigenvalue weighted by Crippen LogP contribution is 2.17. The number of nitrogens with zero attached hydrogens (tertiary/aromatic N) is 3. The van der Waals surface area contributed by atoms with Gasteiger partial charge in [0, 0.05) is 19.6 Å². The van der Waals surface area contributed by atoms with Gasteiger partial charge in [0.1, 0.15) is 9.39 Å². The number of H-pyrrole nitrogens is 1. The summed E-state index contributed by atoms with van der Waals surface area (Å²) in [6, 6.07) is 0. The highest BCUT2D eigenvalue weighted by Gasteiger charge is 2.18. The molecular formula is C13H22IN5O. The van der Waals surface area contributed by atoms with Crippen LogP contribution in [0.25, 0.3) is 0 Å². The van der Waals surface area contributed by atoms with Crippen LogP contribution in [0.1, 0.15) is 19.3 Å². The van der Waals surface area contributed by atoms with Gasteiger partial charge in [-0.2, -0.15) is 0 Å². The fourth-order valence-electron chi connectivity index (χ4n) is 2.48. The first-order chi connectivity index (χ1) is 9.72. The van der Waals surface area contributed by atoms with Crippen LogP contribution in [0.4, 0.5) is 5.82 Å². The Balaban J connectivity index is 1.95. The molecule has 1 fully saturated rings. The summed E-state index contributed by atoms with van der Waals surface area (Å²) < 4.78 is 0.682. The van der Waals surface area contributed by atoms with E-state index in [1.807, 2.05) is 0 Å². The second-order valence-corrected chi connectivity index (χ2v) is 6.13. The van der Waals surface area contributed by atoms with Gasteiger partial charge in [0.2, 0.25) is 0 Å². The molecule has 0 saturated carbocycles. The highest BCUT2D eigenvalue weighted by molar-refractivity contribution is 14.1. The molecule has 2 rings (SSSR count). The molecule has 2 heterocycles. The van der Waals surface area contributed by atoms with E-state index in [1.54, 1.807) is 0 Å². The van der Waals surface area contributed by atoms with E-state index in [-0.39, 0.29) is 5.56 Å². The first kappa shape index (κ1) is 15.7. The topological polar surface area (TPSA) is 78.2 Å². The summed E-state index contributed by atoms with van der Waals surface area (Å²) in [6.45, 7) is 5.91. The molecule has 1 aliphatic heterocycles. The molecule has 112 valence electrons. The monoisotopic (exact) mass is 391 g/mol. The summed E-state index contributed by atoms with van der Waals surface area (Å²) in [5, 5.41) is 0. The lowest BCUT2D eigenvalue weighted by Crippen LogP contribution is -2.33. The molecule has 1 saturated heterocycles. The third kappa shape index (κ3) is 4.16. The van der Waals surface area contributed by atoms with Crippen LogP contribution in [-0.4, -0.2) is 54.1 Å². The van der Waals surface area contributed by atoms with E-state index in [4.69, 9.17) is 5.73 Å². The number of aromatic nitrogens is 2. The maximum atomic E-state index is 11.7. The van der Waals surface area contributed by atoms with Gasteiger partial charge in [-0.25, -0.2) is 4.98 Å². The summed E-state index contributed by atoms with van der Waals surface area (Å²) in [6.07, 6.45) is 4.85. The van der Waals surface area contributed by atoms with Crippen LogP contribution >= 0.6 is 22.6 Å².